The zero-order valence-electron chi connectivity index (χ0n) is 15.7. The Morgan fingerprint density at radius 2 is 2.37 bits per heavy atom. The van der Waals surface area contributed by atoms with Crippen LogP contribution in [-0.4, -0.2) is 51.0 Å². The molecule has 4 heterocycles. The molecule has 0 aliphatic carbocycles. The van der Waals surface area contributed by atoms with Crippen LogP contribution in [0.3, 0.4) is 0 Å². The normalized spacial score (nSPS) is 28.6. The summed E-state index contributed by atoms with van der Waals surface area (Å²) >= 11 is 9.66. The van der Waals surface area contributed by atoms with Crippen molar-refractivity contribution in [1.29, 1.82) is 0 Å². The first-order valence-electron chi connectivity index (χ1n) is 9.37. The number of aliphatic hydroxyl groups is 1. The summed E-state index contributed by atoms with van der Waals surface area (Å²) in [6, 6.07) is 2.30. The van der Waals surface area contributed by atoms with Gasteiger partial charge >= 0.3 is 0 Å². The fourth-order valence-corrected chi connectivity index (χ4v) is 6.07. The lowest BCUT2D eigenvalue weighted by Crippen LogP contribution is -2.50. The molecule has 0 aromatic carbocycles. The molecule has 2 aromatic heterocycles. The lowest BCUT2D eigenvalue weighted by atomic mass is 9.81. The third-order valence-electron chi connectivity index (χ3n) is 5.67. The minimum Gasteiger partial charge on any atom is -0.386 e. The van der Waals surface area contributed by atoms with E-state index in [1.165, 1.54) is 5.56 Å². The lowest BCUT2D eigenvalue weighted by Gasteiger charge is -2.47. The van der Waals surface area contributed by atoms with Crippen molar-refractivity contribution < 1.29 is 9.84 Å². The van der Waals surface area contributed by atoms with Gasteiger partial charge < -0.3 is 9.84 Å². The van der Waals surface area contributed by atoms with E-state index in [4.69, 9.17) is 16.3 Å². The van der Waals surface area contributed by atoms with Crippen molar-refractivity contribution in [2.24, 2.45) is 0 Å². The number of rotatable bonds is 5. The van der Waals surface area contributed by atoms with Gasteiger partial charge in [-0.15, -0.1) is 11.3 Å². The number of ether oxygens (including phenoxy) is 1. The Morgan fingerprint density at radius 3 is 3.15 bits per heavy atom. The van der Waals surface area contributed by atoms with Gasteiger partial charge in [-0.05, 0) is 32.1 Å². The van der Waals surface area contributed by atoms with Crippen LogP contribution in [0.4, 0.5) is 0 Å². The highest BCUT2D eigenvalue weighted by molar-refractivity contribution is 7.98. The zero-order chi connectivity index (χ0) is 19.0. The number of hydrogen-bond acceptors (Lipinski definition) is 6. The number of nitrogens with zero attached hydrogens (tertiary/aromatic N) is 3. The van der Waals surface area contributed by atoms with Crippen LogP contribution in [0.1, 0.15) is 41.9 Å². The van der Waals surface area contributed by atoms with E-state index in [1.807, 2.05) is 28.7 Å². The Balaban J connectivity index is 1.45. The molecule has 2 aliphatic rings. The van der Waals surface area contributed by atoms with E-state index < -0.39 is 6.10 Å². The molecule has 3 atom stereocenters. The molecule has 0 radical (unpaired) electrons. The van der Waals surface area contributed by atoms with Gasteiger partial charge in [0.25, 0.3) is 0 Å². The molecule has 27 heavy (non-hydrogen) atoms. The maximum absolute atomic E-state index is 10.3. The number of halogens is 1. The molecule has 4 rings (SSSR count). The van der Waals surface area contributed by atoms with Crippen LogP contribution < -0.4 is 0 Å². The SMILES string of the molecule is CSCCn1cc(CN2CCC3(C[C@@H]2C)OCC(O)c2cc(Cl)sc23)cn1. The second kappa shape index (κ2) is 8.05. The number of hydrogen-bond donors (Lipinski definition) is 1. The molecule has 5 nitrogen and oxygen atoms in total. The van der Waals surface area contributed by atoms with E-state index in [2.05, 4.69) is 29.4 Å². The molecule has 1 N–H and O–H groups in total. The molecular weight excluding hydrogens is 402 g/mol. The van der Waals surface area contributed by atoms with Crippen LogP contribution in [0.5, 0.6) is 0 Å². The maximum atomic E-state index is 10.3. The second-order valence-corrected chi connectivity index (χ2v) is 10.2. The van der Waals surface area contributed by atoms with Crippen LogP contribution in [0, 0.1) is 0 Å². The summed E-state index contributed by atoms with van der Waals surface area (Å²) in [5.74, 6) is 1.08. The van der Waals surface area contributed by atoms with Crippen LogP contribution >= 0.6 is 34.7 Å². The molecule has 0 amide bonds. The molecule has 2 aliphatic heterocycles. The summed E-state index contributed by atoms with van der Waals surface area (Å²) < 4.78 is 9.00. The first-order valence-corrected chi connectivity index (χ1v) is 12.0. The first kappa shape index (κ1) is 19.7. The minimum absolute atomic E-state index is 0.301. The Bertz CT molecular complexity index is 796. The summed E-state index contributed by atoms with van der Waals surface area (Å²) in [5, 5.41) is 14.7. The maximum Gasteiger partial charge on any atom is 0.105 e. The van der Waals surface area contributed by atoms with E-state index in [0.717, 1.165) is 53.0 Å². The Hall–Kier alpha value is -0.570. The van der Waals surface area contributed by atoms with E-state index >= 15 is 0 Å². The number of aliphatic hydroxyl groups excluding tert-OH is 1. The predicted octanol–water partition coefficient (Wildman–Crippen LogP) is 3.90. The predicted molar refractivity (Wildman–Crippen MR) is 112 cm³/mol. The molecule has 8 heteroatoms. The quantitative estimate of drug-likeness (QED) is 0.784. The third kappa shape index (κ3) is 3.95. The van der Waals surface area contributed by atoms with Crippen LogP contribution in [-0.2, 0) is 23.4 Å². The van der Waals surface area contributed by atoms with E-state index in [-0.39, 0.29) is 5.60 Å². The summed E-state index contributed by atoms with van der Waals surface area (Å²) in [7, 11) is 0. The fourth-order valence-electron chi connectivity index (χ4n) is 4.23. The van der Waals surface area contributed by atoms with Crippen molar-refractivity contribution >= 4 is 34.7 Å². The molecule has 0 saturated carbocycles. The van der Waals surface area contributed by atoms with Gasteiger partial charge in [-0.1, -0.05) is 11.6 Å². The second-order valence-electron chi connectivity index (χ2n) is 7.53. The first-order chi connectivity index (χ1) is 13.0. The summed E-state index contributed by atoms with van der Waals surface area (Å²) in [5.41, 5.74) is 1.93. The summed E-state index contributed by atoms with van der Waals surface area (Å²) in [4.78, 5) is 3.63. The van der Waals surface area contributed by atoms with Gasteiger partial charge in [-0.25, -0.2) is 0 Å². The highest BCUT2D eigenvalue weighted by atomic mass is 35.5. The molecular formula is C19H26ClN3O2S2. The molecule has 2 unspecified atom stereocenters. The minimum atomic E-state index is -0.560. The number of fused-ring (bicyclic) bond motifs is 2. The van der Waals surface area contributed by atoms with Gasteiger partial charge in [0.2, 0.25) is 0 Å². The smallest absolute Gasteiger partial charge is 0.105 e. The van der Waals surface area contributed by atoms with Crippen molar-refractivity contribution in [3.05, 3.63) is 38.8 Å². The van der Waals surface area contributed by atoms with Gasteiger partial charge in [0.15, 0.2) is 0 Å². The third-order valence-corrected chi connectivity index (χ3v) is 7.73. The van der Waals surface area contributed by atoms with Crippen molar-refractivity contribution in [2.45, 2.75) is 50.6 Å². The van der Waals surface area contributed by atoms with Gasteiger partial charge in [0.05, 0.1) is 17.1 Å². The van der Waals surface area contributed by atoms with E-state index in [9.17, 15) is 5.11 Å². The average molecular weight is 428 g/mol. The summed E-state index contributed by atoms with van der Waals surface area (Å²) in [6.45, 7) is 5.45. The van der Waals surface area contributed by atoms with Gasteiger partial charge in [-0.3, -0.25) is 9.58 Å². The molecule has 1 saturated heterocycles. The molecule has 2 aromatic rings. The van der Waals surface area contributed by atoms with Gasteiger partial charge in [0, 0.05) is 53.6 Å². The number of thiophene rings is 1. The topological polar surface area (TPSA) is 50.5 Å². The average Bonchev–Trinajstić information content (AvgIpc) is 3.26. The van der Waals surface area contributed by atoms with Crippen LogP contribution in [0.2, 0.25) is 4.34 Å². The zero-order valence-corrected chi connectivity index (χ0v) is 18.1. The number of aromatic nitrogens is 2. The Kier molecular flexibility index (Phi) is 5.88. The monoisotopic (exact) mass is 427 g/mol. The Morgan fingerprint density at radius 1 is 1.52 bits per heavy atom. The van der Waals surface area contributed by atoms with Crippen LogP contribution in [0.15, 0.2) is 18.5 Å². The lowest BCUT2D eigenvalue weighted by molar-refractivity contribution is -0.139. The highest BCUT2D eigenvalue weighted by Crippen LogP contribution is 2.50. The summed E-state index contributed by atoms with van der Waals surface area (Å²) in [6.07, 6.45) is 7.56. The number of likely N-dealkylation sites (tertiary alicyclic amines) is 1. The van der Waals surface area contributed by atoms with Crippen molar-refractivity contribution in [3.8, 4) is 0 Å². The van der Waals surface area contributed by atoms with Crippen molar-refractivity contribution in [1.82, 2.24) is 14.7 Å². The highest BCUT2D eigenvalue weighted by Gasteiger charge is 2.46. The van der Waals surface area contributed by atoms with Gasteiger partial charge in [-0.2, -0.15) is 16.9 Å². The van der Waals surface area contributed by atoms with Crippen molar-refractivity contribution in [3.63, 3.8) is 0 Å². The largest absolute Gasteiger partial charge is 0.386 e. The molecule has 0 bridgehead atoms. The fraction of sp³-hybridized carbons (Fsp3) is 0.632. The molecule has 1 spiro atoms. The number of thioether (sulfide) groups is 1. The number of piperidine rings is 1. The van der Waals surface area contributed by atoms with Gasteiger partial charge in [0.1, 0.15) is 11.7 Å². The van der Waals surface area contributed by atoms with E-state index in [0.29, 0.717) is 12.6 Å². The Labute approximate surface area is 173 Å². The standard InChI is InChI=1S/C19H26ClN3O2S2/c1-13-8-19(18-15(7-17(20)27-18)16(24)12-25-19)3-4-22(13)10-14-9-21-23(11-14)5-6-26-2/h7,9,11,13,16,24H,3-6,8,10,12H2,1-2H3/t13-,16?,19?/m0/s1. The van der Waals surface area contributed by atoms with Crippen LogP contribution in [0.25, 0.3) is 0 Å². The van der Waals surface area contributed by atoms with Crippen molar-refractivity contribution in [2.75, 3.05) is 25.2 Å². The number of aryl methyl sites for hydroxylation is 1. The molecule has 148 valence electrons. The molecule has 1 fully saturated rings. The van der Waals surface area contributed by atoms with E-state index in [1.54, 1.807) is 11.3 Å².